The second-order valence-electron chi connectivity index (χ2n) is 17.6. The van der Waals surface area contributed by atoms with Gasteiger partial charge >= 0.3 is 0 Å². The van der Waals surface area contributed by atoms with E-state index in [0.29, 0.717) is 58.1 Å². The lowest BCUT2D eigenvalue weighted by Crippen LogP contribution is -2.11. The van der Waals surface area contributed by atoms with Gasteiger partial charge in [-0.2, -0.15) is 0 Å². The van der Waals surface area contributed by atoms with Crippen molar-refractivity contribution in [1.29, 1.82) is 0 Å². The summed E-state index contributed by atoms with van der Waals surface area (Å²) < 4.78 is 50.0. The van der Waals surface area contributed by atoms with Crippen molar-refractivity contribution in [2.45, 2.75) is 12.5 Å². The summed E-state index contributed by atoms with van der Waals surface area (Å²) in [6.07, 6.45) is 6.87. The van der Waals surface area contributed by atoms with Crippen LogP contribution in [0.25, 0.3) is 107 Å². The number of para-hydroxylation sites is 6. The highest BCUT2D eigenvalue weighted by Gasteiger charge is 2.23. The number of imidazole rings is 3. The van der Waals surface area contributed by atoms with Crippen LogP contribution in [0, 0.1) is 17.5 Å². The lowest BCUT2D eigenvalue weighted by atomic mass is 10.0. The molecule has 1 atom stereocenters. The minimum absolute atomic E-state index is 0.131. The quantitative estimate of drug-likeness (QED) is 0.143. The third kappa shape index (κ3) is 7.62. The zero-order chi connectivity index (χ0) is 48.3. The molecule has 13 rings (SSSR count). The number of fused-ring (bicyclic) bond motifs is 3. The molecule has 72 heavy (non-hydrogen) atoms. The summed E-state index contributed by atoms with van der Waals surface area (Å²) >= 11 is 0. The molecule has 0 N–H and O–H groups in total. The highest BCUT2D eigenvalue weighted by atomic mass is 19.1. The Morgan fingerprint density at radius 2 is 0.792 bits per heavy atom. The molecule has 0 amide bonds. The van der Waals surface area contributed by atoms with Gasteiger partial charge in [-0.3, -0.25) is 9.13 Å². The minimum Gasteiger partial charge on any atom is -0.317 e. The van der Waals surface area contributed by atoms with E-state index < -0.39 is 0 Å². The van der Waals surface area contributed by atoms with E-state index in [0.717, 1.165) is 61.2 Å². The van der Waals surface area contributed by atoms with Gasteiger partial charge in [0, 0.05) is 44.8 Å². The summed E-state index contributed by atoms with van der Waals surface area (Å²) in [6.45, 7) is 0. The van der Waals surface area contributed by atoms with Gasteiger partial charge in [-0.15, -0.1) is 0 Å². The summed E-state index contributed by atoms with van der Waals surface area (Å²) in [6, 6.07) is 58.8. The first-order chi connectivity index (χ1) is 35.4. The molecule has 1 aliphatic rings. The standard InChI is InChI=1S/C60H38F3N9/c61-43-13-7-10-40(34-43)58-64-49-16-1-4-19-52(49)70(58)46-28-22-37(23-29-46)55-67-56(38-24-30-47(31-25-38)71-53-20-5-2-17-50(53)65-59(71)41-11-8-14-44(62)35-41)69-57(68-55)39-26-32-48(33-27-39)72-54-21-6-3-18-51(54)66-60(72)42-12-9-15-45(63)36-42/h1-32,34-36,48H,33H2. The number of hydrogen-bond donors (Lipinski definition) is 0. The number of allylic oxidation sites excluding steroid dienone is 4. The summed E-state index contributed by atoms with van der Waals surface area (Å²) in [4.78, 5) is 30.1. The summed E-state index contributed by atoms with van der Waals surface area (Å²) in [5.74, 6) is 2.31. The molecule has 0 bridgehead atoms. The molecule has 0 spiro atoms. The summed E-state index contributed by atoms with van der Waals surface area (Å²) in [5.41, 5.74) is 11.1. The Labute approximate surface area is 410 Å². The number of hydrogen-bond acceptors (Lipinski definition) is 6. The van der Waals surface area contributed by atoms with Gasteiger partial charge in [-0.05, 0) is 128 Å². The molecular formula is C60H38F3N9. The zero-order valence-corrected chi connectivity index (χ0v) is 38.2. The number of aromatic nitrogens is 9. The SMILES string of the molecule is Fc1cccc(-c2nc3ccccc3n2-c2ccc(-c3nc(C4=CCC(n5c(-c6cccc(F)c6)nc6ccccc65)C=C4)nc(-c4ccc(-n5c(-c6cccc(F)c6)nc6ccccc65)cc4)n3)cc2)c1. The molecular weight excluding hydrogens is 904 g/mol. The maximum Gasteiger partial charge on any atom is 0.164 e. The van der Waals surface area contributed by atoms with Gasteiger partial charge < -0.3 is 4.57 Å². The van der Waals surface area contributed by atoms with E-state index in [9.17, 15) is 13.2 Å². The predicted octanol–water partition coefficient (Wildman–Crippen LogP) is 14.2. The first-order valence-electron chi connectivity index (χ1n) is 23.4. The lowest BCUT2D eigenvalue weighted by Gasteiger charge is -2.21. The molecule has 0 aliphatic heterocycles. The molecule has 9 nitrogen and oxygen atoms in total. The normalized spacial score (nSPS) is 13.6. The van der Waals surface area contributed by atoms with Crippen molar-refractivity contribution in [3.63, 3.8) is 0 Å². The average molecular weight is 942 g/mol. The monoisotopic (exact) mass is 941 g/mol. The largest absolute Gasteiger partial charge is 0.317 e. The van der Waals surface area contributed by atoms with E-state index in [1.54, 1.807) is 18.2 Å². The Morgan fingerprint density at radius 1 is 0.375 bits per heavy atom. The highest BCUT2D eigenvalue weighted by molar-refractivity contribution is 5.86. The molecule has 4 aromatic heterocycles. The van der Waals surface area contributed by atoms with Gasteiger partial charge in [0.15, 0.2) is 17.5 Å². The Hall–Kier alpha value is -9.55. The van der Waals surface area contributed by atoms with Gasteiger partial charge in [-0.1, -0.05) is 91.0 Å². The molecule has 1 aliphatic carbocycles. The second kappa shape index (κ2) is 17.4. The van der Waals surface area contributed by atoms with Crippen molar-refractivity contribution < 1.29 is 13.2 Å². The third-order valence-corrected chi connectivity index (χ3v) is 13.0. The summed E-state index contributed by atoms with van der Waals surface area (Å²) in [7, 11) is 0. The molecule has 0 saturated heterocycles. The fourth-order valence-corrected chi connectivity index (χ4v) is 9.68. The number of benzene rings is 8. The predicted molar refractivity (Wildman–Crippen MR) is 277 cm³/mol. The fourth-order valence-electron chi connectivity index (χ4n) is 9.68. The van der Waals surface area contributed by atoms with E-state index in [2.05, 4.69) is 16.7 Å². The van der Waals surface area contributed by atoms with Crippen molar-refractivity contribution >= 4 is 38.7 Å². The van der Waals surface area contributed by atoms with E-state index >= 15 is 0 Å². The number of halogens is 3. The van der Waals surface area contributed by atoms with Crippen LogP contribution in [0.4, 0.5) is 13.2 Å². The Balaban J connectivity index is 0.904. The van der Waals surface area contributed by atoms with E-state index in [-0.39, 0.29) is 23.5 Å². The molecule has 1 unspecified atom stereocenters. The van der Waals surface area contributed by atoms with Crippen LogP contribution >= 0.6 is 0 Å². The fraction of sp³-hybridized carbons (Fsp3) is 0.0333. The molecule has 344 valence electrons. The minimum atomic E-state index is -0.344. The molecule has 4 heterocycles. The molecule has 0 radical (unpaired) electrons. The van der Waals surface area contributed by atoms with Crippen LogP contribution in [-0.2, 0) is 0 Å². The smallest absolute Gasteiger partial charge is 0.164 e. The van der Waals surface area contributed by atoms with Gasteiger partial charge in [0.2, 0.25) is 0 Å². The third-order valence-electron chi connectivity index (χ3n) is 13.0. The Kier molecular flexibility index (Phi) is 10.3. The van der Waals surface area contributed by atoms with E-state index in [1.165, 1.54) is 36.4 Å². The van der Waals surface area contributed by atoms with Crippen LogP contribution in [0.15, 0.2) is 212 Å². The average Bonchev–Trinajstić information content (AvgIpc) is 4.14. The zero-order valence-electron chi connectivity index (χ0n) is 38.2. The van der Waals surface area contributed by atoms with Crippen LogP contribution in [0.2, 0.25) is 0 Å². The topological polar surface area (TPSA) is 92.1 Å². The maximum atomic E-state index is 14.6. The Morgan fingerprint density at radius 3 is 1.25 bits per heavy atom. The maximum absolute atomic E-state index is 14.6. The van der Waals surface area contributed by atoms with E-state index in [1.807, 2.05) is 155 Å². The van der Waals surface area contributed by atoms with Gasteiger partial charge in [0.05, 0.1) is 39.1 Å². The van der Waals surface area contributed by atoms with Crippen LogP contribution in [0.1, 0.15) is 18.3 Å². The van der Waals surface area contributed by atoms with Crippen LogP contribution in [-0.4, -0.2) is 43.6 Å². The first-order valence-corrected chi connectivity index (χ1v) is 23.4. The molecule has 12 aromatic rings. The second-order valence-corrected chi connectivity index (χ2v) is 17.6. The van der Waals surface area contributed by atoms with Crippen molar-refractivity contribution in [3.8, 4) is 68.3 Å². The first kappa shape index (κ1) is 42.5. The van der Waals surface area contributed by atoms with Crippen LogP contribution < -0.4 is 0 Å². The molecule has 0 saturated carbocycles. The van der Waals surface area contributed by atoms with Crippen molar-refractivity contribution in [2.24, 2.45) is 0 Å². The van der Waals surface area contributed by atoms with Crippen molar-refractivity contribution in [3.05, 3.63) is 236 Å². The number of nitrogens with zero attached hydrogens (tertiary/aromatic N) is 9. The Bertz CT molecular complexity index is 3940. The number of rotatable bonds is 9. The van der Waals surface area contributed by atoms with Crippen molar-refractivity contribution in [1.82, 2.24) is 43.6 Å². The highest BCUT2D eigenvalue weighted by Crippen LogP contribution is 2.37. The van der Waals surface area contributed by atoms with Gasteiger partial charge in [0.25, 0.3) is 0 Å². The van der Waals surface area contributed by atoms with Gasteiger partial charge in [-0.25, -0.2) is 43.1 Å². The summed E-state index contributed by atoms with van der Waals surface area (Å²) in [5, 5.41) is 0. The molecule has 12 heteroatoms. The lowest BCUT2D eigenvalue weighted by molar-refractivity contribution is 0.622. The van der Waals surface area contributed by atoms with Crippen LogP contribution in [0.3, 0.4) is 0 Å². The van der Waals surface area contributed by atoms with Gasteiger partial charge in [0.1, 0.15) is 34.9 Å². The van der Waals surface area contributed by atoms with Crippen molar-refractivity contribution in [2.75, 3.05) is 0 Å². The molecule has 0 fully saturated rings. The molecule has 8 aromatic carbocycles. The van der Waals surface area contributed by atoms with Crippen LogP contribution in [0.5, 0.6) is 0 Å². The van der Waals surface area contributed by atoms with E-state index in [4.69, 9.17) is 29.9 Å².